The fraction of sp³-hybridized carbons (Fsp3) is 0.400. The summed E-state index contributed by atoms with van der Waals surface area (Å²) in [6.45, 7) is 0.0731. The van der Waals surface area contributed by atoms with E-state index in [4.69, 9.17) is 17.1 Å². The van der Waals surface area contributed by atoms with Crippen molar-refractivity contribution in [3.8, 4) is 0 Å². The van der Waals surface area contributed by atoms with Crippen LogP contribution in [-0.4, -0.2) is 22.9 Å². The molecule has 2 atom stereocenters. The fourth-order valence-electron chi connectivity index (χ4n) is 1.31. The summed E-state index contributed by atoms with van der Waals surface area (Å²) in [5.41, 5.74) is 8.37. The van der Waals surface area contributed by atoms with Gasteiger partial charge in [-0.3, -0.25) is 0 Å². The van der Waals surface area contributed by atoms with E-state index in [-0.39, 0.29) is 18.0 Å². The third-order valence-electron chi connectivity index (χ3n) is 2.24. The predicted octanol–water partition coefficient (Wildman–Crippen LogP) is 2.57. The first kappa shape index (κ1) is 13.7. The highest BCUT2D eigenvalue weighted by molar-refractivity contribution is 6.30. The van der Waals surface area contributed by atoms with Crippen LogP contribution >= 0.6 is 11.6 Å². The Morgan fingerprint density at radius 1 is 1.47 bits per heavy atom. The molecule has 1 aromatic rings. The van der Waals surface area contributed by atoms with E-state index in [1.165, 1.54) is 12.1 Å². The molecule has 0 aromatic heterocycles. The van der Waals surface area contributed by atoms with E-state index in [0.29, 0.717) is 5.56 Å². The van der Waals surface area contributed by atoms with Crippen LogP contribution in [0.5, 0.6) is 0 Å². The first-order chi connectivity index (χ1) is 8.06. The maximum atomic E-state index is 12.9. The molecular weight excluding hydrogens is 249 g/mol. The number of nitrogens with zero attached hydrogens (tertiary/aromatic N) is 3. The maximum absolute atomic E-state index is 12.9. The van der Waals surface area contributed by atoms with E-state index >= 15 is 0 Å². The lowest BCUT2D eigenvalue weighted by Crippen LogP contribution is -2.19. The first-order valence-electron chi connectivity index (χ1n) is 4.88. The molecule has 0 amide bonds. The normalized spacial score (nSPS) is 13.9. The van der Waals surface area contributed by atoms with Gasteiger partial charge in [-0.25, -0.2) is 4.39 Å². The van der Waals surface area contributed by atoms with Gasteiger partial charge in [-0.05, 0) is 29.6 Å². The summed E-state index contributed by atoms with van der Waals surface area (Å²) in [5, 5.41) is 22.4. The van der Waals surface area contributed by atoms with Gasteiger partial charge in [0.15, 0.2) is 0 Å². The third kappa shape index (κ3) is 3.87. The number of halogens is 2. The van der Waals surface area contributed by atoms with Crippen LogP contribution in [0.2, 0.25) is 5.02 Å². The van der Waals surface area contributed by atoms with Crippen LogP contribution in [-0.2, 0) is 0 Å². The molecule has 7 heteroatoms. The van der Waals surface area contributed by atoms with Crippen LogP contribution in [0, 0.1) is 5.82 Å². The Balaban J connectivity index is 2.70. The number of aliphatic hydroxyl groups is 2. The van der Waals surface area contributed by atoms with Crippen molar-refractivity contribution in [3.63, 3.8) is 0 Å². The molecule has 2 unspecified atom stereocenters. The minimum atomic E-state index is -1.19. The lowest BCUT2D eigenvalue weighted by atomic mass is 10.0. The van der Waals surface area contributed by atoms with Crippen LogP contribution in [0.25, 0.3) is 10.4 Å². The minimum Gasteiger partial charge on any atom is -0.390 e. The molecule has 0 saturated carbocycles. The van der Waals surface area contributed by atoms with Crippen molar-refractivity contribution in [1.29, 1.82) is 0 Å². The molecule has 0 bridgehead atoms. The molecular formula is C10H11ClFN3O2. The van der Waals surface area contributed by atoms with Crippen molar-refractivity contribution < 1.29 is 14.6 Å². The summed E-state index contributed by atoms with van der Waals surface area (Å²) in [6, 6.07) is 3.70. The van der Waals surface area contributed by atoms with Gasteiger partial charge in [0, 0.05) is 11.5 Å². The number of benzene rings is 1. The van der Waals surface area contributed by atoms with Gasteiger partial charge in [-0.1, -0.05) is 22.8 Å². The van der Waals surface area contributed by atoms with Gasteiger partial charge in [-0.15, -0.1) is 0 Å². The van der Waals surface area contributed by atoms with Crippen molar-refractivity contribution in [2.45, 2.75) is 18.6 Å². The lowest BCUT2D eigenvalue weighted by molar-refractivity contribution is 0.0150. The number of hydrogen-bond donors (Lipinski definition) is 2. The van der Waals surface area contributed by atoms with E-state index in [9.17, 15) is 14.6 Å². The summed E-state index contributed by atoms with van der Waals surface area (Å²) >= 11 is 5.56. The van der Waals surface area contributed by atoms with Gasteiger partial charge in [0.05, 0.1) is 11.1 Å². The van der Waals surface area contributed by atoms with Crippen LogP contribution < -0.4 is 0 Å². The van der Waals surface area contributed by atoms with Gasteiger partial charge >= 0.3 is 0 Å². The lowest BCUT2D eigenvalue weighted by Gasteiger charge is -2.17. The van der Waals surface area contributed by atoms with E-state index in [2.05, 4.69) is 10.0 Å². The van der Waals surface area contributed by atoms with E-state index < -0.39 is 18.0 Å². The molecule has 0 radical (unpaired) electrons. The molecule has 1 rings (SSSR count). The van der Waals surface area contributed by atoms with Crippen molar-refractivity contribution in [3.05, 3.63) is 45.0 Å². The Labute approximate surface area is 102 Å². The fourth-order valence-corrected chi connectivity index (χ4v) is 1.50. The zero-order chi connectivity index (χ0) is 12.8. The number of azide groups is 1. The van der Waals surface area contributed by atoms with Crippen LogP contribution in [0.4, 0.5) is 4.39 Å². The highest BCUT2D eigenvalue weighted by Gasteiger charge is 2.18. The molecule has 0 heterocycles. The Hall–Kier alpha value is -1.33. The van der Waals surface area contributed by atoms with Crippen LogP contribution in [0.15, 0.2) is 23.3 Å². The highest BCUT2D eigenvalue weighted by atomic mass is 35.5. The molecule has 0 saturated heterocycles. The highest BCUT2D eigenvalue weighted by Crippen LogP contribution is 2.24. The van der Waals surface area contributed by atoms with E-state index in [0.717, 1.165) is 6.07 Å². The zero-order valence-electron chi connectivity index (χ0n) is 8.79. The summed E-state index contributed by atoms with van der Waals surface area (Å²) in [7, 11) is 0. The summed E-state index contributed by atoms with van der Waals surface area (Å²) < 4.78 is 12.9. The summed E-state index contributed by atoms with van der Waals surface area (Å²) in [4.78, 5) is 2.53. The molecule has 1 aromatic carbocycles. The summed E-state index contributed by atoms with van der Waals surface area (Å²) in [5.74, 6) is -0.591. The average Bonchev–Trinajstić information content (AvgIpc) is 2.32. The zero-order valence-corrected chi connectivity index (χ0v) is 9.55. The van der Waals surface area contributed by atoms with E-state index in [1.54, 1.807) is 0 Å². The topological polar surface area (TPSA) is 89.2 Å². The minimum absolute atomic E-state index is 0.0731. The molecule has 92 valence electrons. The maximum Gasteiger partial charge on any atom is 0.141 e. The smallest absolute Gasteiger partial charge is 0.141 e. The standard InChI is InChI=1S/C10H11ClFN3O2/c11-7-5-6(1-2-8(7)12)10(17)9(16)3-4-14-15-13/h1-2,5,9-10,16-17H,3-4H2. The number of rotatable bonds is 5. The van der Waals surface area contributed by atoms with Gasteiger partial charge < -0.3 is 10.2 Å². The van der Waals surface area contributed by atoms with Gasteiger partial charge in [-0.2, -0.15) is 0 Å². The Bertz CT molecular complexity index is 438. The Kier molecular flexibility index (Phi) is 5.18. The summed E-state index contributed by atoms with van der Waals surface area (Å²) in [6.07, 6.45) is -2.18. The van der Waals surface area contributed by atoms with Crippen molar-refractivity contribution >= 4 is 11.6 Å². The molecule has 0 fully saturated rings. The molecule has 2 N–H and O–H groups in total. The van der Waals surface area contributed by atoms with Crippen LogP contribution in [0.3, 0.4) is 0 Å². The number of aliphatic hydroxyl groups excluding tert-OH is 2. The third-order valence-corrected chi connectivity index (χ3v) is 2.53. The monoisotopic (exact) mass is 259 g/mol. The van der Waals surface area contributed by atoms with E-state index in [1.807, 2.05) is 0 Å². The molecule has 17 heavy (non-hydrogen) atoms. The van der Waals surface area contributed by atoms with Gasteiger partial charge in [0.2, 0.25) is 0 Å². The molecule has 0 aliphatic carbocycles. The molecule has 0 spiro atoms. The second kappa shape index (κ2) is 6.42. The SMILES string of the molecule is [N-]=[N+]=NCCC(O)C(O)c1ccc(F)c(Cl)c1. The number of hydrogen-bond acceptors (Lipinski definition) is 3. The van der Waals surface area contributed by atoms with Crippen molar-refractivity contribution in [2.75, 3.05) is 6.54 Å². The predicted molar refractivity (Wildman–Crippen MR) is 61.0 cm³/mol. The van der Waals surface area contributed by atoms with Crippen molar-refractivity contribution in [2.24, 2.45) is 5.11 Å². The van der Waals surface area contributed by atoms with Gasteiger partial charge in [0.25, 0.3) is 0 Å². The van der Waals surface area contributed by atoms with Crippen LogP contribution in [0.1, 0.15) is 18.1 Å². The quantitative estimate of drug-likeness (QED) is 0.483. The molecule has 0 aliphatic rings. The second-order valence-corrected chi connectivity index (χ2v) is 3.84. The molecule has 5 nitrogen and oxygen atoms in total. The Morgan fingerprint density at radius 2 is 2.18 bits per heavy atom. The molecule has 0 aliphatic heterocycles. The second-order valence-electron chi connectivity index (χ2n) is 3.43. The Morgan fingerprint density at radius 3 is 2.76 bits per heavy atom. The average molecular weight is 260 g/mol. The largest absolute Gasteiger partial charge is 0.390 e. The van der Waals surface area contributed by atoms with Crippen molar-refractivity contribution in [1.82, 2.24) is 0 Å². The first-order valence-corrected chi connectivity index (χ1v) is 5.26. The van der Waals surface area contributed by atoms with Gasteiger partial charge in [0.1, 0.15) is 11.9 Å².